The molecule has 9 heteroatoms. The van der Waals surface area contributed by atoms with Gasteiger partial charge in [0.2, 0.25) is 0 Å². The zero-order valence-electron chi connectivity index (χ0n) is 26.3. The number of alkyl halides is 3. The molecule has 0 saturated heterocycles. The quantitative estimate of drug-likeness (QED) is 0.109. The molecule has 1 heterocycles. The van der Waals surface area contributed by atoms with Gasteiger partial charge < -0.3 is 5.11 Å². The van der Waals surface area contributed by atoms with E-state index in [-0.39, 0.29) is 54.4 Å². The van der Waals surface area contributed by atoms with Crippen LogP contribution in [0.4, 0.5) is 13.2 Å². The van der Waals surface area contributed by atoms with Crippen molar-refractivity contribution in [1.82, 2.24) is 15.4 Å². The molecule has 239 valence electrons. The van der Waals surface area contributed by atoms with Gasteiger partial charge in [0.05, 0.1) is 11.3 Å². The molecule has 1 N–H and O–H groups in total. The predicted octanol–water partition coefficient (Wildman–Crippen LogP) is 9.83. The third-order valence-corrected chi connectivity index (χ3v) is 7.81. The van der Waals surface area contributed by atoms with Crippen LogP contribution < -0.4 is 0 Å². The van der Waals surface area contributed by atoms with Crippen molar-refractivity contribution < 1.29 is 43.2 Å². The Morgan fingerprint density at radius 1 is 0.864 bits per heavy atom. The first kappa shape index (κ1) is 37.0. The van der Waals surface area contributed by atoms with Crippen LogP contribution in [0.5, 0.6) is 0 Å². The number of halogens is 3. The molecule has 0 spiro atoms. The number of hydrogen-bond acceptors (Lipinski definition) is 5. The van der Waals surface area contributed by atoms with Crippen molar-refractivity contribution in [2.45, 2.75) is 85.7 Å². The van der Waals surface area contributed by atoms with Gasteiger partial charge in [-0.3, -0.25) is 4.79 Å². The second-order valence-corrected chi connectivity index (χ2v) is 11.7. The average molecular weight is 785 g/mol. The van der Waals surface area contributed by atoms with Crippen LogP contribution in [0.2, 0.25) is 0 Å². The van der Waals surface area contributed by atoms with Crippen LogP contribution >= 0.6 is 0 Å². The number of aliphatic hydroxyl groups excluding tert-OH is 1. The monoisotopic (exact) mass is 785 g/mol. The Morgan fingerprint density at radius 2 is 1.45 bits per heavy atom. The largest absolute Gasteiger partial charge is 0.512 e. The summed E-state index contributed by atoms with van der Waals surface area (Å²) in [7, 11) is 0. The van der Waals surface area contributed by atoms with Gasteiger partial charge in [-0.2, -0.15) is 18.3 Å². The Hall–Kier alpha value is -3.16. The van der Waals surface area contributed by atoms with E-state index in [1.165, 1.54) is 12.1 Å². The summed E-state index contributed by atoms with van der Waals surface area (Å²) in [5.74, 6) is 0.547. The average Bonchev–Trinajstić information content (AvgIpc) is 2.96. The molecule has 4 aromatic rings. The third-order valence-electron chi connectivity index (χ3n) is 7.81. The second kappa shape index (κ2) is 15.7. The topological polar surface area (TPSA) is 76.0 Å². The molecular weight excluding hydrogens is 744 g/mol. The zero-order valence-corrected chi connectivity index (χ0v) is 28.7. The molecule has 0 aliphatic carbocycles. The number of aliphatic hydroxyl groups is 1. The van der Waals surface area contributed by atoms with Crippen LogP contribution in [0.1, 0.15) is 85.3 Å². The summed E-state index contributed by atoms with van der Waals surface area (Å²) >= 11 is 0. The Morgan fingerprint density at radius 3 is 2.02 bits per heavy atom. The van der Waals surface area contributed by atoms with Crippen molar-refractivity contribution >= 4 is 27.5 Å². The van der Waals surface area contributed by atoms with Crippen molar-refractivity contribution in [3.63, 3.8) is 0 Å². The third kappa shape index (κ3) is 8.72. The Bertz CT molecular complexity index is 1590. The smallest absolute Gasteiger partial charge is 0.418 e. The number of fused-ring (bicyclic) bond motifs is 2. The molecule has 0 fully saturated rings. The standard InChI is InChI=1S/C22H17F3N3.C13H24O2.Ir/c1-21(2,3)18-12-14(11-13-7-4-5-8-15(13)18)19-16-9-6-10-17(22(23,24)25)20(16)27-28-26-19;1-5-10(6-2)12(14)9-13(15)11(7-3)8-4;/h4-10,12H,1-3H3;9-11,14H,5-8H2,1-4H3;/q-1;;/b;12-9-;. The van der Waals surface area contributed by atoms with E-state index in [4.69, 9.17) is 0 Å². The molecule has 1 radical (unpaired) electrons. The first-order valence-electron chi connectivity index (χ1n) is 14.9. The predicted molar refractivity (Wildman–Crippen MR) is 167 cm³/mol. The molecule has 5 nitrogen and oxygen atoms in total. The molecule has 3 aromatic carbocycles. The number of carbonyl (C=O) groups excluding carboxylic acids is 1. The first-order chi connectivity index (χ1) is 20.3. The summed E-state index contributed by atoms with van der Waals surface area (Å²) in [4.78, 5) is 11.7. The van der Waals surface area contributed by atoms with Gasteiger partial charge in [0, 0.05) is 43.7 Å². The van der Waals surface area contributed by atoms with E-state index in [1.807, 2.05) is 58.0 Å². The Balaban J connectivity index is 0.000000363. The maximum Gasteiger partial charge on any atom is 0.418 e. The van der Waals surface area contributed by atoms with Crippen LogP contribution in [-0.4, -0.2) is 26.3 Å². The Labute approximate surface area is 271 Å². The number of benzene rings is 3. The molecule has 44 heavy (non-hydrogen) atoms. The van der Waals surface area contributed by atoms with Gasteiger partial charge in [0.1, 0.15) is 5.52 Å². The second-order valence-electron chi connectivity index (χ2n) is 11.7. The summed E-state index contributed by atoms with van der Waals surface area (Å²) in [6.07, 6.45) is 0.389. The molecule has 0 amide bonds. The van der Waals surface area contributed by atoms with E-state index in [1.54, 1.807) is 6.07 Å². The van der Waals surface area contributed by atoms with E-state index in [0.29, 0.717) is 16.6 Å². The maximum absolute atomic E-state index is 13.4. The van der Waals surface area contributed by atoms with E-state index in [2.05, 4.69) is 42.2 Å². The number of ketones is 1. The number of hydrogen-bond donors (Lipinski definition) is 1. The van der Waals surface area contributed by atoms with E-state index >= 15 is 0 Å². The van der Waals surface area contributed by atoms with E-state index in [9.17, 15) is 23.1 Å². The molecule has 0 bridgehead atoms. The molecule has 0 aliphatic rings. The number of rotatable bonds is 8. The first-order valence-corrected chi connectivity index (χ1v) is 14.9. The molecule has 0 atom stereocenters. The fraction of sp³-hybridized carbons (Fsp3) is 0.429. The molecular formula is C35H41F3IrN3O2-. The summed E-state index contributed by atoms with van der Waals surface area (Å²) in [5, 5.41) is 23.4. The van der Waals surface area contributed by atoms with Gasteiger partial charge in [-0.25, -0.2) is 0 Å². The molecule has 1 aromatic heterocycles. The fourth-order valence-corrected chi connectivity index (χ4v) is 5.19. The maximum atomic E-state index is 13.4. The summed E-state index contributed by atoms with van der Waals surface area (Å²) < 4.78 is 40.2. The Kier molecular flexibility index (Phi) is 13.2. The number of nitrogens with zero attached hydrogens (tertiary/aromatic N) is 3. The van der Waals surface area contributed by atoms with Crippen LogP contribution in [0.15, 0.2) is 60.4 Å². The summed E-state index contributed by atoms with van der Waals surface area (Å²) in [5.41, 5.74) is 0.805. The minimum absolute atomic E-state index is 0. The number of carbonyl (C=O) groups is 1. The van der Waals surface area contributed by atoms with Gasteiger partial charge in [0.15, 0.2) is 5.78 Å². The van der Waals surface area contributed by atoms with Crippen LogP contribution in [0.25, 0.3) is 32.9 Å². The normalized spacial score (nSPS) is 12.3. The van der Waals surface area contributed by atoms with E-state index < -0.39 is 11.7 Å². The van der Waals surface area contributed by atoms with Gasteiger partial charge >= 0.3 is 6.18 Å². The summed E-state index contributed by atoms with van der Waals surface area (Å²) in [6, 6.07) is 17.0. The summed E-state index contributed by atoms with van der Waals surface area (Å²) in [6.45, 7) is 14.4. The van der Waals surface area contributed by atoms with Gasteiger partial charge in [-0.05, 0) is 42.6 Å². The van der Waals surface area contributed by atoms with Gasteiger partial charge in [-0.1, -0.05) is 95.0 Å². The minimum atomic E-state index is -4.52. The van der Waals surface area contributed by atoms with Crippen molar-refractivity contribution in [3.05, 3.63) is 77.6 Å². The zero-order chi connectivity index (χ0) is 31.9. The van der Waals surface area contributed by atoms with Crippen molar-refractivity contribution in [2.75, 3.05) is 0 Å². The number of aromatic nitrogens is 3. The SMILES string of the molecule is CC(C)(C)c1cc(-c2nnnc3c(C(F)(F)F)cccc23)[c-]c2ccccc12.CCC(CC)C(=O)/C=C(\O)C(CC)CC.[Ir]. The van der Waals surface area contributed by atoms with Crippen molar-refractivity contribution in [2.24, 2.45) is 11.8 Å². The molecule has 4 rings (SSSR count). The molecule has 0 saturated carbocycles. The fourth-order valence-electron chi connectivity index (χ4n) is 5.19. The van der Waals surface area contributed by atoms with Crippen LogP contribution in [0, 0.1) is 17.9 Å². The minimum Gasteiger partial charge on any atom is -0.512 e. The van der Waals surface area contributed by atoms with Gasteiger partial charge in [-0.15, -0.1) is 34.2 Å². The molecule has 0 aliphatic heterocycles. The van der Waals surface area contributed by atoms with Crippen LogP contribution in [0.3, 0.4) is 0 Å². The van der Waals surface area contributed by atoms with Crippen molar-refractivity contribution in [3.8, 4) is 11.3 Å². The van der Waals surface area contributed by atoms with Gasteiger partial charge in [0.25, 0.3) is 0 Å². The van der Waals surface area contributed by atoms with E-state index in [0.717, 1.165) is 48.1 Å². The molecule has 0 unspecified atom stereocenters. The number of allylic oxidation sites excluding steroid dienone is 2. The van der Waals surface area contributed by atoms with Crippen LogP contribution in [-0.2, 0) is 36.5 Å². The van der Waals surface area contributed by atoms with Crippen molar-refractivity contribution in [1.29, 1.82) is 0 Å².